The number of halogens is 1. The van der Waals surface area contributed by atoms with Gasteiger partial charge >= 0.3 is 5.97 Å². The van der Waals surface area contributed by atoms with Gasteiger partial charge in [0.1, 0.15) is 0 Å². The van der Waals surface area contributed by atoms with Crippen LogP contribution in [0.4, 0.5) is 0 Å². The SMILES string of the molecule is CCOC(=O)C1=C(c2ccccc2)NC(SCC(=O)NCc2ccccc2)=C(C#N)[C@H]1c1ccccc1Cl. The average Bonchev–Trinajstić information content (AvgIpc) is 2.95. The summed E-state index contributed by atoms with van der Waals surface area (Å²) in [5.74, 6) is -1.42. The van der Waals surface area contributed by atoms with E-state index in [1.807, 2.05) is 66.7 Å². The Bertz CT molecular complexity index is 1420. The number of dihydropyridines is 1. The molecule has 3 aromatic rings. The number of rotatable bonds is 9. The van der Waals surface area contributed by atoms with Gasteiger partial charge in [-0.15, -0.1) is 0 Å². The predicted octanol–water partition coefficient (Wildman–Crippen LogP) is 5.79. The minimum Gasteiger partial charge on any atom is -0.463 e. The number of nitriles is 1. The van der Waals surface area contributed by atoms with Gasteiger partial charge in [0.2, 0.25) is 5.91 Å². The summed E-state index contributed by atoms with van der Waals surface area (Å²) < 4.78 is 5.44. The van der Waals surface area contributed by atoms with Crippen LogP contribution in [0, 0.1) is 11.3 Å². The van der Waals surface area contributed by atoms with Crippen LogP contribution >= 0.6 is 23.4 Å². The van der Waals surface area contributed by atoms with Crippen molar-refractivity contribution in [3.63, 3.8) is 0 Å². The highest BCUT2D eigenvalue weighted by atomic mass is 35.5. The van der Waals surface area contributed by atoms with Gasteiger partial charge < -0.3 is 15.4 Å². The van der Waals surface area contributed by atoms with Crippen molar-refractivity contribution in [2.24, 2.45) is 0 Å². The van der Waals surface area contributed by atoms with Crippen LogP contribution in [0.25, 0.3) is 5.70 Å². The number of benzene rings is 3. The third-order valence-electron chi connectivity index (χ3n) is 5.90. The first-order valence-electron chi connectivity index (χ1n) is 12.1. The first-order chi connectivity index (χ1) is 18.5. The Labute approximate surface area is 231 Å². The van der Waals surface area contributed by atoms with Crippen molar-refractivity contribution < 1.29 is 14.3 Å². The van der Waals surface area contributed by atoms with Crippen molar-refractivity contribution in [1.82, 2.24) is 10.6 Å². The summed E-state index contributed by atoms with van der Waals surface area (Å²) in [6.07, 6.45) is 0. The molecule has 0 aromatic heterocycles. The fourth-order valence-electron chi connectivity index (χ4n) is 4.16. The molecule has 6 nitrogen and oxygen atoms in total. The van der Waals surface area contributed by atoms with E-state index in [-0.39, 0.29) is 18.3 Å². The minimum absolute atomic E-state index is 0.0758. The van der Waals surface area contributed by atoms with E-state index in [4.69, 9.17) is 16.3 Å². The van der Waals surface area contributed by atoms with Crippen LogP contribution in [0.5, 0.6) is 0 Å². The first-order valence-corrected chi connectivity index (χ1v) is 13.5. The number of hydrogen-bond acceptors (Lipinski definition) is 6. The number of esters is 1. The van der Waals surface area contributed by atoms with Crippen molar-refractivity contribution in [3.8, 4) is 6.07 Å². The second-order valence-electron chi connectivity index (χ2n) is 8.36. The van der Waals surface area contributed by atoms with Gasteiger partial charge in [-0.05, 0) is 29.7 Å². The summed E-state index contributed by atoms with van der Waals surface area (Å²) >= 11 is 7.81. The van der Waals surface area contributed by atoms with Crippen LogP contribution in [0.3, 0.4) is 0 Å². The Kier molecular flexibility index (Phi) is 9.26. The molecule has 0 radical (unpaired) electrons. The van der Waals surface area contributed by atoms with E-state index in [0.29, 0.717) is 39.0 Å². The molecule has 4 rings (SSSR count). The van der Waals surface area contributed by atoms with E-state index in [1.54, 1.807) is 25.1 Å². The maximum atomic E-state index is 13.4. The number of hydrogen-bond donors (Lipinski definition) is 2. The minimum atomic E-state index is -0.779. The molecule has 0 bridgehead atoms. The Hall–Kier alpha value is -3.99. The first kappa shape index (κ1) is 27.1. The van der Waals surface area contributed by atoms with Crippen molar-refractivity contribution in [1.29, 1.82) is 5.26 Å². The van der Waals surface area contributed by atoms with Crippen LogP contribution in [0.2, 0.25) is 5.02 Å². The highest BCUT2D eigenvalue weighted by molar-refractivity contribution is 8.03. The number of carbonyl (C=O) groups is 2. The van der Waals surface area contributed by atoms with Gasteiger partial charge in [-0.1, -0.05) is 102 Å². The van der Waals surface area contributed by atoms with Gasteiger partial charge in [0.05, 0.1) is 46.2 Å². The van der Waals surface area contributed by atoms with Gasteiger partial charge in [-0.2, -0.15) is 5.26 Å². The zero-order chi connectivity index (χ0) is 26.9. The van der Waals surface area contributed by atoms with E-state index < -0.39 is 11.9 Å². The zero-order valence-corrected chi connectivity index (χ0v) is 22.3. The molecule has 0 saturated heterocycles. The van der Waals surface area contributed by atoms with E-state index in [0.717, 1.165) is 11.1 Å². The summed E-state index contributed by atoms with van der Waals surface area (Å²) in [5.41, 5.74) is 3.44. The maximum Gasteiger partial charge on any atom is 0.337 e. The lowest BCUT2D eigenvalue weighted by molar-refractivity contribution is -0.138. The van der Waals surface area contributed by atoms with Gasteiger partial charge in [-0.3, -0.25) is 4.79 Å². The lowest BCUT2D eigenvalue weighted by Gasteiger charge is -2.31. The van der Waals surface area contributed by atoms with Gasteiger partial charge in [0.25, 0.3) is 0 Å². The Morgan fingerprint density at radius 2 is 1.68 bits per heavy atom. The number of carbonyl (C=O) groups excluding carboxylic acids is 2. The average molecular weight is 544 g/mol. The van der Waals surface area contributed by atoms with Crippen LogP contribution in [-0.2, 0) is 20.9 Å². The van der Waals surface area contributed by atoms with Gasteiger partial charge in [0.15, 0.2) is 0 Å². The second-order valence-corrected chi connectivity index (χ2v) is 9.75. The molecule has 1 atom stereocenters. The summed E-state index contributed by atoms with van der Waals surface area (Å²) in [6, 6.07) is 28.4. The van der Waals surface area contributed by atoms with E-state index in [1.165, 1.54) is 11.8 Å². The number of nitrogens with one attached hydrogen (secondary N) is 2. The lowest BCUT2D eigenvalue weighted by Crippen LogP contribution is -2.30. The van der Waals surface area contributed by atoms with Crippen LogP contribution in [-0.4, -0.2) is 24.2 Å². The molecule has 1 aliphatic rings. The van der Waals surface area contributed by atoms with Crippen molar-refractivity contribution >= 4 is 40.9 Å². The molecule has 192 valence electrons. The number of allylic oxidation sites excluding steroid dienone is 1. The lowest BCUT2D eigenvalue weighted by atomic mass is 9.81. The molecule has 0 fully saturated rings. The molecule has 8 heteroatoms. The van der Waals surface area contributed by atoms with Crippen molar-refractivity contribution in [2.45, 2.75) is 19.4 Å². The molecule has 2 N–H and O–H groups in total. The maximum absolute atomic E-state index is 13.4. The molecule has 0 aliphatic carbocycles. The van der Waals surface area contributed by atoms with E-state index >= 15 is 0 Å². The van der Waals surface area contributed by atoms with Gasteiger partial charge in [-0.25, -0.2) is 4.79 Å². The van der Waals surface area contributed by atoms with Crippen LogP contribution in [0.15, 0.2) is 101 Å². The Balaban J connectivity index is 1.73. The second kappa shape index (κ2) is 13.0. The topological polar surface area (TPSA) is 91.2 Å². The van der Waals surface area contributed by atoms with Crippen LogP contribution < -0.4 is 10.6 Å². The fraction of sp³-hybridized carbons (Fsp3) is 0.167. The number of thioether (sulfide) groups is 1. The molecule has 0 spiro atoms. The monoisotopic (exact) mass is 543 g/mol. The smallest absolute Gasteiger partial charge is 0.337 e. The summed E-state index contributed by atoms with van der Waals surface area (Å²) in [4.78, 5) is 26.1. The third kappa shape index (κ3) is 6.28. The molecule has 1 aliphatic heterocycles. The summed E-state index contributed by atoms with van der Waals surface area (Å²) in [5, 5.41) is 17.4. The van der Waals surface area contributed by atoms with E-state index in [9.17, 15) is 14.9 Å². The van der Waals surface area contributed by atoms with E-state index in [2.05, 4.69) is 16.7 Å². The fourth-order valence-corrected chi connectivity index (χ4v) is 5.28. The highest BCUT2D eigenvalue weighted by Crippen LogP contribution is 2.45. The molecule has 1 heterocycles. The zero-order valence-electron chi connectivity index (χ0n) is 20.7. The number of nitrogens with zero attached hydrogens (tertiary/aromatic N) is 1. The molecular weight excluding hydrogens is 518 g/mol. The summed E-state index contributed by atoms with van der Waals surface area (Å²) in [7, 11) is 0. The molecular formula is C30H26ClN3O3S. The Morgan fingerprint density at radius 3 is 2.34 bits per heavy atom. The number of ether oxygens (including phenoxy) is 1. The molecule has 0 saturated carbocycles. The van der Waals surface area contributed by atoms with Gasteiger partial charge in [0, 0.05) is 11.6 Å². The normalized spacial score (nSPS) is 14.9. The predicted molar refractivity (Wildman–Crippen MR) is 151 cm³/mol. The highest BCUT2D eigenvalue weighted by Gasteiger charge is 2.38. The molecule has 0 unspecified atom stereocenters. The standard InChI is InChI=1S/C30H26ClN3O3S/c1-2-37-30(36)27-26(22-15-9-10-16-24(22)31)23(17-32)29(34-28(27)21-13-7-4-8-14-21)38-19-25(35)33-18-20-11-5-3-6-12-20/h3-16,26,34H,2,18-19H2,1H3,(H,33,35)/t26-/m1/s1. The Morgan fingerprint density at radius 1 is 1.03 bits per heavy atom. The number of amides is 1. The van der Waals surface area contributed by atoms with Crippen molar-refractivity contribution in [3.05, 3.63) is 123 Å². The largest absolute Gasteiger partial charge is 0.463 e. The molecule has 3 aromatic carbocycles. The molecule has 38 heavy (non-hydrogen) atoms. The third-order valence-corrected chi connectivity index (χ3v) is 7.27. The van der Waals surface area contributed by atoms with Crippen molar-refractivity contribution in [2.75, 3.05) is 12.4 Å². The molecule has 1 amide bonds. The quantitative estimate of drug-likeness (QED) is 0.332. The summed E-state index contributed by atoms with van der Waals surface area (Å²) in [6.45, 7) is 2.31. The van der Waals surface area contributed by atoms with Crippen LogP contribution in [0.1, 0.15) is 29.5 Å².